The predicted molar refractivity (Wildman–Crippen MR) is 132 cm³/mol. The number of fused-ring (bicyclic) bond motifs is 1. The zero-order chi connectivity index (χ0) is 23.5. The van der Waals surface area contributed by atoms with E-state index in [9.17, 15) is 9.90 Å². The molecular weight excluding hydrogens is 452 g/mol. The van der Waals surface area contributed by atoms with E-state index in [0.29, 0.717) is 30.0 Å². The van der Waals surface area contributed by atoms with Crippen molar-refractivity contribution in [1.82, 2.24) is 4.90 Å². The zero-order valence-corrected chi connectivity index (χ0v) is 19.6. The molecule has 0 saturated carbocycles. The summed E-state index contributed by atoms with van der Waals surface area (Å²) in [6.45, 7) is 4.78. The lowest BCUT2D eigenvalue weighted by Gasteiger charge is -2.39. The predicted octanol–water partition coefficient (Wildman–Crippen LogP) is 4.36. The zero-order valence-electron chi connectivity index (χ0n) is 18.8. The van der Waals surface area contributed by atoms with Gasteiger partial charge >= 0.3 is 0 Å². The van der Waals surface area contributed by atoms with Gasteiger partial charge in [-0.1, -0.05) is 41.9 Å². The van der Waals surface area contributed by atoms with Gasteiger partial charge in [0.1, 0.15) is 18.1 Å². The number of piperazine rings is 1. The van der Waals surface area contributed by atoms with Crippen LogP contribution in [0.3, 0.4) is 0 Å². The second-order valence-corrected chi connectivity index (χ2v) is 9.08. The van der Waals surface area contributed by atoms with Crippen molar-refractivity contribution in [2.24, 2.45) is 0 Å². The van der Waals surface area contributed by atoms with Gasteiger partial charge in [-0.25, -0.2) is 0 Å². The first kappa shape index (κ1) is 22.7. The standard InChI is InChI=1S/C27H27ClN2O4/c28-21-4-3-5-22(18-21)30-14-12-29(13-15-30)16-17-34-27(20-8-10-23(31)11-9-20)19-33-25-7-2-1-6-24(25)26(27)32/h1-11,18,31H,12-17,19H2. The van der Waals surface area contributed by atoms with E-state index in [-0.39, 0.29) is 18.1 Å². The topological polar surface area (TPSA) is 62.2 Å². The molecule has 2 aliphatic heterocycles. The maximum atomic E-state index is 13.6. The van der Waals surface area contributed by atoms with Crippen LogP contribution in [-0.4, -0.2) is 61.7 Å². The summed E-state index contributed by atoms with van der Waals surface area (Å²) in [4.78, 5) is 18.3. The molecular formula is C27H27ClN2O4. The van der Waals surface area contributed by atoms with Crippen LogP contribution in [0.25, 0.3) is 0 Å². The van der Waals surface area contributed by atoms with E-state index in [0.717, 1.165) is 36.9 Å². The molecule has 2 heterocycles. The quantitative estimate of drug-likeness (QED) is 0.568. The number of ketones is 1. The molecule has 0 aromatic heterocycles. The number of carbonyl (C=O) groups excluding carboxylic acids is 1. The molecule has 2 aliphatic rings. The third-order valence-corrected chi connectivity index (χ3v) is 6.80. The number of ether oxygens (including phenoxy) is 2. The molecule has 176 valence electrons. The van der Waals surface area contributed by atoms with Crippen LogP contribution in [0.4, 0.5) is 5.69 Å². The van der Waals surface area contributed by atoms with Gasteiger partial charge in [-0.2, -0.15) is 0 Å². The van der Waals surface area contributed by atoms with Crippen molar-refractivity contribution in [3.05, 3.63) is 88.9 Å². The fourth-order valence-corrected chi connectivity index (χ4v) is 4.81. The highest BCUT2D eigenvalue weighted by atomic mass is 35.5. The summed E-state index contributed by atoms with van der Waals surface area (Å²) in [5, 5.41) is 10.5. The number of phenols is 1. The number of carbonyl (C=O) groups is 1. The second kappa shape index (κ2) is 9.66. The van der Waals surface area contributed by atoms with Gasteiger partial charge in [0, 0.05) is 43.4 Å². The number of halogens is 1. The highest BCUT2D eigenvalue weighted by Gasteiger charge is 2.47. The Kier molecular flexibility index (Phi) is 6.46. The lowest BCUT2D eigenvalue weighted by atomic mass is 9.84. The molecule has 6 nitrogen and oxygen atoms in total. The molecule has 1 N–H and O–H groups in total. The monoisotopic (exact) mass is 478 g/mol. The average molecular weight is 479 g/mol. The molecule has 3 aromatic carbocycles. The Balaban J connectivity index is 1.26. The van der Waals surface area contributed by atoms with Crippen LogP contribution in [0.15, 0.2) is 72.8 Å². The molecule has 5 rings (SSSR count). The molecule has 1 unspecified atom stereocenters. The summed E-state index contributed by atoms with van der Waals surface area (Å²) < 4.78 is 12.3. The van der Waals surface area contributed by atoms with E-state index < -0.39 is 5.60 Å². The average Bonchev–Trinajstić information content (AvgIpc) is 2.87. The van der Waals surface area contributed by atoms with Crippen LogP contribution in [0.5, 0.6) is 11.5 Å². The van der Waals surface area contributed by atoms with Crippen LogP contribution in [-0.2, 0) is 10.3 Å². The lowest BCUT2D eigenvalue weighted by molar-refractivity contribution is -0.0649. The first-order valence-corrected chi connectivity index (χ1v) is 11.9. The van der Waals surface area contributed by atoms with Crippen molar-refractivity contribution in [2.45, 2.75) is 5.60 Å². The lowest BCUT2D eigenvalue weighted by Crippen LogP contribution is -2.50. The third kappa shape index (κ3) is 4.49. The van der Waals surface area contributed by atoms with Gasteiger partial charge in [-0.15, -0.1) is 0 Å². The van der Waals surface area contributed by atoms with Crippen LogP contribution < -0.4 is 9.64 Å². The number of hydrogen-bond donors (Lipinski definition) is 1. The Labute approximate surface area is 204 Å². The number of hydrogen-bond acceptors (Lipinski definition) is 6. The van der Waals surface area contributed by atoms with E-state index in [1.54, 1.807) is 36.4 Å². The smallest absolute Gasteiger partial charge is 0.206 e. The molecule has 1 atom stereocenters. The third-order valence-electron chi connectivity index (χ3n) is 6.56. The SMILES string of the molecule is O=C1c2ccccc2OCC1(OCCN1CCN(c2cccc(Cl)c2)CC1)c1ccc(O)cc1. The summed E-state index contributed by atoms with van der Waals surface area (Å²) >= 11 is 6.15. The van der Waals surface area contributed by atoms with Gasteiger partial charge in [-0.05, 0) is 48.0 Å². The molecule has 1 fully saturated rings. The first-order chi connectivity index (χ1) is 16.5. The number of aromatic hydroxyl groups is 1. The van der Waals surface area contributed by atoms with Crippen LogP contribution in [0, 0.1) is 0 Å². The van der Waals surface area contributed by atoms with Gasteiger partial charge in [0.15, 0.2) is 5.60 Å². The largest absolute Gasteiger partial charge is 0.508 e. The Morgan fingerprint density at radius 2 is 1.74 bits per heavy atom. The van der Waals surface area contributed by atoms with Crippen molar-refractivity contribution in [1.29, 1.82) is 0 Å². The molecule has 1 saturated heterocycles. The number of para-hydroxylation sites is 1. The minimum Gasteiger partial charge on any atom is -0.508 e. The first-order valence-electron chi connectivity index (χ1n) is 11.5. The Bertz CT molecular complexity index is 1160. The molecule has 0 radical (unpaired) electrons. The number of benzene rings is 3. The minimum atomic E-state index is -1.25. The van der Waals surface area contributed by atoms with Crippen molar-refractivity contribution in [2.75, 3.05) is 50.8 Å². The van der Waals surface area contributed by atoms with Crippen LogP contribution in [0.2, 0.25) is 5.02 Å². The normalized spacial score (nSPS) is 20.6. The van der Waals surface area contributed by atoms with E-state index in [1.165, 1.54) is 0 Å². The van der Waals surface area contributed by atoms with E-state index in [2.05, 4.69) is 15.9 Å². The maximum Gasteiger partial charge on any atom is 0.206 e. The summed E-state index contributed by atoms with van der Waals surface area (Å²) in [6, 6.07) is 21.8. The Morgan fingerprint density at radius 1 is 0.971 bits per heavy atom. The van der Waals surface area contributed by atoms with Crippen LogP contribution >= 0.6 is 11.6 Å². The van der Waals surface area contributed by atoms with Gasteiger partial charge in [0.25, 0.3) is 0 Å². The van der Waals surface area contributed by atoms with E-state index >= 15 is 0 Å². The van der Waals surface area contributed by atoms with Gasteiger partial charge in [0.05, 0.1) is 12.2 Å². The van der Waals surface area contributed by atoms with Crippen molar-refractivity contribution in [3.8, 4) is 11.5 Å². The summed E-state index contributed by atoms with van der Waals surface area (Å²) in [7, 11) is 0. The Hall–Kier alpha value is -3.06. The van der Waals surface area contributed by atoms with Gasteiger partial charge in [-0.3, -0.25) is 9.69 Å². The molecule has 0 spiro atoms. The number of anilines is 1. The number of nitrogens with zero attached hydrogens (tertiary/aromatic N) is 2. The maximum absolute atomic E-state index is 13.6. The molecule has 0 aliphatic carbocycles. The fourth-order valence-electron chi connectivity index (χ4n) is 4.63. The number of rotatable bonds is 6. The van der Waals surface area contributed by atoms with E-state index in [1.807, 2.05) is 30.3 Å². The molecule has 0 bridgehead atoms. The fraction of sp³-hybridized carbons (Fsp3) is 0.296. The number of Topliss-reactive ketones (excluding diaryl/α,β-unsaturated/α-hetero) is 1. The Morgan fingerprint density at radius 3 is 2.50 bits per heavy atom. The second-order valence-electron chi connectivity index (χ2n) is 8.64. The van der Waals surface area contributed by atoms with Gasteiger partial charge in [0.2, 0.25) is 5.78 Å². The van der Waals surface area contributed by atoms with Crippen molar-refractivity contribution >= 4 is 23.1 Å². The van der Waals surface area contributed by atoms with Crippen molar-refractivity contribution in [3.63, 3.8) is 0 Å². The number of phenolic OH excluding ortho intramolecular Hbond substituents is 1. The van der Waals surface area contributed by atoms with E-state index in [4.69, 9.17) is 21.1 Å². The summed E-state index contributed by atoms with van der Waals surface area (Å²) in [5.74, 6) is 0.592. The van der Waals surface area contributed by atoms with Crippen LogP contribution in [0.1, 0.15) is 15.9 Å². The molecule has 0 amide bonds. The summed E-state index contributed by atoms with van der Waals surface area (Å²) in [6.07, 6.45) is 0. The summed E-state index contributed by atoms with van der Waals surface area (Å²) in [5.41, 5.74) is 1.08. The minimum absolute atomic E-state index is 0.0934. The van der Waals surface area contributed by atoms with Crippen molar-refractivity contribution < 1.29 is 19.4 Å². The molecule has 7 heteroatoms. The molecule has 3 aromatic rings. The highest BCUT2D eigenvalue weighted by molar-refractivity contribution is 6.30. The highest BCUT2D eigenvalue weighted by Crippen LogP contribution is 2.38. The molecule has 34 heavy (non-hydrogen) atoms. The van der Waals surface area contributed by atoms with Gasteiger partial charge < -0.3 is 19.5 Å².